The van der Waals surface area contributed by atoms with Crippen LogP contribution < -0.4 is 10.8 Å². The SMILES string of the molecule is CCCCCCCCC(=O)NCC(=O)NO. The van der Waals surface area contributed by atoms with E-state index >= 15 is 0 Å². The molecule has 0 aliphatic rings. The van der Waals surface area contributed by atoms with E-state index in [2.05, 4.69) is 12.2 Å². The van der Waals surface area contributed by atoms with Crippen molar-refractivity contribution in [2.75, 3.05) is 6.54 Å². The number of hydroxylamine groups is 1. The van der Waals surface area contributed by atoms with E-state index in [9.17, 15) is 9.59 Å². The minimum Gasteiger partial charge on any atom is -0.347 e. The number of nitrogens with one attached hydrogen (secondary N) is 2. The zero-order valence-corrected chi connectivity index (χ0v) is 9.92. The number of carbonyl (C=O) groups excluding carboxylic acids is 2. The van der Waals surface area contributed by atoms with Gasteiger partial charge in [0.05, 0.1) is 6.54 Å². The first-order valence-electron chi connectivity index (χ1n) is 5.90. The van der Waals surface area contributed by atoms with Gasteiger partial charge in [0.2, 0.25) is 5.91 Å². The maximum atomic E-state index is 11.2. The van der Waals surface area contributed by atoms with Crippen LogP contribution in [0.1, 0.15) is 51.9 Å². The van der Waals surface area contributed by atoms with Crippen molar-refractivity contribution >= 4 is 11.8 Å². The standard InChI is InChI=1S/C11H22N2O3/c1-2-3-4-5-6-7-8-10(14)12-9-11(15)13-16/h16H,2-9H2,1H3,(H,12,14)(H,13,15). The molecule has 16 heavy (non-hydrogen) atoms. The Bertz CT molecular complexity index is 207. The predicted molar refractivity (Wildman–Crippen MR) is 60.9 cm³/mol. The summed E-state index contributed by atoms with van der Waals surface area (Å²) in [5.74, 6) is -0.740. The predicted octanol–water partition coefficient (Wildman–Crippen LogP) is 1.36. The Morgan fingerprint density at radius 2 is 1.62 bits per heavy atom. The van der Waals surface area contributed by atoms with Gasteiger partial charge in [0.25, 0.3) is 5.91 Å². The molecule has 0 saturated heterocycles. The number of unbranched alkanes of at least 4 members (excludes halogenated alkanes) is 5. The Labute approximate surface area is 96.6 Å². The van der Waals surface area contributed by atoms with Crippen molar-refractivity contribution in [2.45, 2.75) is 51.9 Å². The quantitative estimate of drug-likeness (QED) is 0.318. The van der Waals surface area contributed by atoms with Crippen LogP contribution in [-0.2, 0) is 9.59 Å². The lowest BCUT2D eigenvalue weighted by Crippen LogP contribution is -2.35. The summed E-state index contributed by atoms with van der Waals surface area (Å²) in [7, 11) is 0. The van der Waals surface area contributed by atoms with Gasteiger partial charge in [0, 0.05) is 6.42 Å². The molecule has 0 bridgehead atoms. The molecule has 5 heteroatoms. The van der Waals surface area contributed by atoms with Gasteiger partial charge in [-0.25, -0.2) is 5.48 Å². The molecule has 0 aromatic rings. The highest BCUT2D eigenvalue weighted by atomic mass is 16.5. The van der Waals surface area contributed by atoms with Gasteiger partial charge in [-0.05, 0) is 6.42 Å². The van der Waals surface area contributed by atoms with Crippen LogP contribution in [-0.4, -0.2) is 23.6 Å². The summed E-state index contributed by atoms with van der Waals surface area (Å²) < 4.78 is 0. The van der Waals surface area contributed by atoms with Crippen molar-refractivity contribution < 1.29 is 14.8 Å². The highest BCUT2D eigenvalue weighted by molar-refractivity contribution is 5.83. The summed E-state index contributed by atoms with van der Waals surface area (Å²) >= 11 is 0. The lowest BCUT2D eigenvalue weighted by molar-refractivity contribution is -0.131. The van der Waals surface area contributed by atoms with Crippen LogP contribution in [0.25, 0.3) is 0 Å². The summed E-state index contributed by atoms with van der Waals surface area (Å²) in [6, 6.07) is 0. The fourth-order valence-corrected chi connectivity index (χ4v) is 1.37. The van der Waals surface area contributed by atoms with E-state index < -0.39 is 5.91 Å². The topological polar surface area (TPSA) is 78.4 Å². The molecule has 0 aromatic carbocycles. The Morgan fingerprint density at radius 1 is 1.00 bits per heavy atom. The smallest absolute Gasteiger partial charge is 0.262 e. The van der Waals surface area contributed by atoms with E-state index in [-0.39, 0.29) is 12.5 Å². The molecule has 0 fully saturated rings. The average molecular weight is 230 g/mol. The van der Waals surface area contributed by atoms with Crippen LogP contribution in [0.4, 0.5) is 0 Å². The van der Waals surface area contributed by atoms with Crippen molar-refractivity contribution in [3.63, 3.8) is 0 Å². The molecule has 0 saturated carbocycles. The lowest BCUT2D eigenvalue weighted by atomic mass is 10.1. The second-order valence-corrected chi connectivity index (χ2v) is 3.83. The van der Waals surface area contributed by atoms with Gasteiger partial charge in [-0.15, -0.1) is 0 Å². The minimum atomic E-state index is -0.601. The van der Waals surface area contributed by atoms with Gasteiger partial charge in [0.1, 0.15) is 0 Å². The third-order valence-electron chi connectivity index (χ3n) is 2.33. The Kier molecular flexibility index (Phi) is 9.70. The first-order valence-corrected chi connectivity index (χ1v) is 5.90. The summed E-state index contributed by atoms with van der Waals surface area (Å²) in [4.78, 5) is 21.8. The number of amides is 2. The molecule has 2 amide bonds. The fourth-order valence-electron chi connectivity index (χ4n) is 1.37. The third-order valence-corrected chi connectivity index (χ3v) is 2.33. The van der Waals surface area contributed by atoms with Gasteiger partial charge in [-0.1, -0.05) is 39.0 Å². The van der Waals surface area contributed by atoms with E-state index in [0.29, 0.717) is 6.42 Å². The molecular weight excluding hydrogens is 208 g/mol. The van der Waals surface area contributed by atoms with Crippen LogP contribution >= 0.6 is 0 Å². The molecule has 0 aliphatic carbocycles. The van der Waals surface area contributed by atoms with Crippen molar-refractivity contribution in [3.05, 3.63) is 0 Å². The van der Waals surface area contributed by atoms with Crippen molar-refractivity contribution in [3.8, 4) is 0 Å². The van der Waals surface area contributed by atoms with E-state index in [0.717, 1.165) is 19.3 Å². The van der Waals surface area contributed by atoms with Crippen molar-refractivity contribution in [2.24, 2.45) is 0 Å². The average Bonchev–Trinajstić information content (AvgIpc) is 2.30. The van der Waals surface area contributed by atoms with Gasteiger partial charge in [0.15, 0.2) is 0 Å². The molecule has 0 atom stereocenters. The van der Waals surface area contributed by atoms with E-state index in [1.807, 2.05) is 0 Å². The van der Waals surface area contributed by atoms with Crippen LogP contribution in [0.3, 0.4) is 0 Å². The highest BCUT2D eigenvalue weighted by Crippen LogP contribution is 2.06. The summed E-state index contributed by atoms with van der Waals surface area (Å²) in [5, 5.41) is 10.6. The molecule has 0 unspecified atom stereocenters. The Balaban J connectivity index is 3.27. The monoisotopic (exact) mass is 230 g/mol. The lowest BCUT2D eigenvalue weighted by Gasteiger charge is -2.03. The fraction of sp³-hybridized carbons (Fsp3) is 0.818. The highest BCUT2D eigenvalue weighted by Gasteiger charge is 2.03. The molecule has 3 N–H and O–H groups in total. The van der Waals surface area contributed by atoms with Crippen LogP contribution in [0.5, 0.6) is 0 Å². The molecule has 94 valence electrons. The number of hydrogen-bond donors (Lipinski definition) is 3. The van der Waals surface area contributed by atoms with Crippen molar-refractivity contribution in [1.29, 1.82) is 0 Å². The molecule has 0 spiro atoms. The molecule has 0 heterocycles. The maximum absolute atomic E-state index is 11.2. The van der Waals surface area contributed by atoms with Gasteiger partial charge < -0.3 is 5.32 Å². The van der Waals surface area contributed by atoms with E-state index in [1.54, 1.807) is 0 Å². The molecule has 5 nitrogen and oxygen atoms in total. The van der Waals surface area contributed by atoms with Crippen molar-refractivity contribution in [1.82, 2.24) is 10.8 Å². The zero-order valence-electron chi connectivity index (χ0n) is 9.92. The van der Waals surface area contributed by atoms with Gasteiger partial charge in [-0.2, -0.15) is 0 Å². The number of hydrogen-bond acceptors (Lipinski definition) is 3. The van der Waals surface area contributed by atoms with Crippen LogP contribution in [0, 0.1) is 0 Å². The maximum Gasteiger partial charge on any atom is 0.262 e. The minimum absolute atomic E-state index is 0.140. The van der Waals surface area contributed by atoms with Crippen LogP contribution in [0.2, 0.25) is 0 Å². The van der Waals surface area contributed by atoms with E-state index in [1.165, 1.54) is 24.7 Å². The molecular formula is C11H22N2O3. The second kappa shape index (κ2) is 10.4. The molecule has 0 radical (unpaired) electrons. The molecule has 0 aliphatic heterocycles. The first kappa shape index (κ1) is 14.9. The molecule has 0 aromatic heterocycles. The van der Waals surface area contributed by atoms with E-state index in [4.69, 9.17) is 5.21 Å². The first-order chi connectivity index (χ1) is 7.70. The van der Waals surface area contributed by atoms with Gasteiger partial charge >= 0.3 is 0 Å². The largest absolute Gasteiger partial charge is 0.347 e. The second-order valence-electron chi connectivity index (χ2n) is 3.83. The van der Waals surface area contributed by atoms with Gasteiger partial charge in [-0.3, -0.25) is 14.8 Å². The molecule has 0 rings (SSSR count). The Hall–Kier alpha value is -1.10. The third kappa shape index (κ3) is 9.45. The Morgan fingerprint density at radius 3 is 2.25 bits per heavy atom. The summed E-state index contributed by atoms with van der Waals surface area (Å²) in [6.07, 6.45) is 7.23. The normalized spacial score (nSPS) is 9.88. The summed E-state index contributed by atoms with van der Waals surface area (Å²) in [6.45, 7) is 2.00. The number of rotatable bonds is 9. The van der Waals surface area contributed by atoms with Crippen LogP contribution in [0.15, 0.2) is 0 Å². The number of carbonyl (C=O) groups is 2. The zero-order chi connectivity index (χ0) is 12.2. The summed E-state index contributed by atoms with van der Waals surface area (Å²) in [5.41, 5.74) is 1.46.